The van der Waals surface area contributed by atoms with Gasteiger partial charge in [-0.25, -0.2) is 13.4 Å². The van der Waals surface area contributed by atoms with E-state index in [1.807, 2.05) is 43.5 Å². The van der Waals surface area contributed by atoms with E-state index in [0.29, 0.717) is 19.5 Å². The molecule has 6 heteroatoms. The number of benzene rings is 1. The van der Waals surface area contributed by atoms with Crippen molar-refractivity contribution in [3.63, 3.8) is 0 Å². The van der Waals surface area contributed by atoms with Crippen molar-refractivity contribution in [2.24, 2.45) is 0 Å². The maximum absolute atomic E-state index is 11.9. The molecular weight excluding hydrogens is 298 g/mol. The number of aromatic amines is 1. The summed E-state index contributed by atoms with van der Waals surface area (Å²) in [5.41, 5.74) is 2.08. The second kappa shape index (κ2) is 6.22. The maximum Gasteiger partial charge on any atom is 0.154 e. The average Bonchev–Trinajstić information content (AvgIpc) is 2.94. The van der Waals surface area contributed by atoms with Crippen LogP contribution in [0.2, 0.25) is 0 Å². The van der Waals surface area contributed by atoms with E-state index in [-0.39, 0.29) is 11.0 Å². The summed E-state index contributed by atoms with van der Waals surface area (Å²) in [6.07, 6.45) is 2.53. The molecule has 1 N–H and O–H groups in total. The zero-order chi connectivity index (χ0) is 15.6. The highest BCUT2D eigenvalue weighted by atomic mass is 32.2. The van der Waals surface area contributed by atoms with Crippen LogP contribution >= 0.6 is 0 Å². The molecule has 22 heavy (non-hydrogen) atoms. The fraction of sp³-hybridized carbons (Fsp3) is 0.438. The van der Waals surface area contributed by atoms with Crippen LogP contribution in [0.3, 0.4) is 0 Å². The van der Waals surface area contributed by atoms with Gasteiger partial charge in [-0.15, -0.1) is 0 Å². The Bertz CT molecular complexity index is 725. The van der Waals surface area contributed by atoms with Gasteiger partial charge in [0.05, 0.1) is 11.0 Å². The number of rotatable bonds is 3. The summed E-state index contributed by atoms with van der Waals surface area (Å²) in [5.74, 6) is 1.10. The Morgan fingerprint density at radius 1 is 1.27 bits per heavy atom. The predicted octanol–water partition coefficient (Wildman–Crippen LogP) is 2.09. The number of H-pyrrole nitrogens is 1. The Hall–Kier alpha value is -1.66. The third-order valence-electron chi connectivity index (χ3n) is 4.23. The van der Waals surface area contributed by atoms with E-state index in [2.05, 4.69) is 14.9 Å². The number of sulfone groups is 1. The van der Waals surface area contributed by atoms with E-state index in [1.165, 1.54) is 0 Å². The molecule has 1 aromatic heterocycles. The quantitative estimate of drug-likeness (QED) is 0.941. The molecule has 2 aromatic rings. The van der Waals surface area contributed by atoms with E-state index < -0.39 is 9.84 Å². The van der Waals surface area contributed by atoms with E-state index in [0.717, 1.165) is 23.6 Å². The van der Waals surface area contributed by atoms with Crippen molar-refractivity contribution in [3.8, 4) is 11.4 Å². The minimum Gasteiger partial charge on any atom is -0.341 e. The van der Waals surface area contributed by atoms with Crippen molar-refractivity contribution >= 4 is 9.84 Å². The van der Waals surface area contributed by atoms with E-state index in [9.17, 15) is 8.42 Å². The predicted molar refractivity (Wildman–Crippen MR) is 87.2 cm³/mol. The number of hydrogen-bond donors (Lipinski definition) is 1. The molecule has 1 fully saturated rings. The molecule has 0 unspecified atom stereocenters. The lowest BCUT2D eigenvalue weighted by Gasteiger charge is -2.17. The Morgan fingerprint density at radius 2 is 2.05 bits per heavy atom. The molecule has 1 aliphatic heterocycles. The zero-order valence-electron chi connectivity index (χ0n) is 12.7. The average molecular weight is 319 g/mol. The summed E-state index contributed by atoms with van der Waals surface area (Å²) < 4.78 is 23.9. The van der Waals surface area contributed by atoms with Gasteiger partial charge in [-0.1, -0.05) is 30.3 Å². The topological polar surface area (TPSA) is 66.1 Å². The lowest BCUT2D eigenvalue weighted by molar-refractivity contribution is 0.280. The van der Waals surface area contributed by atoms with Gasteiger partial charge in [0.15, 0.2) is 9.84 Å². The number of nitrogens with one attached hydrogen (secondary N) is 1. The van der Waals surface area contributed by atoms with Gasteiger partial charge in [-0.3, -0.25) is 4.90 Å². The molecule has 0 spiro atoms. The molecule has 5 nitrogen and oxygen atoms in total. The largest absolute Gasteiger partial charge is 0.341 e. The van der Waals surface area contributed by atoms with Crippen molar-refractivity contribution in [3.05, 3.63) is 42.2 Å². The van der Waals surface area contributed by atoms with Crippen molar-refractivity contribution in [1.29, 1.82) is 0 Å². The van der Waals surface area contributed by atoms with Crippen LogP contribution in [0.25, 0.3) is 11.4 Å². The molecule has 0 saturated carbocycles. The molecule has 2 heterocycles. The van der Waals surface area contributed by atoms with Crippen LogP contribution in [0, 0.1) is 0 Å². The smallest absolute Gasteiger partial charge is 0.154 e. The highest BCUT2D eigenvalue weighted by molar-refractivity contribution is 7.92. The number of aromatic nitrogens is 2. The second-order valence-electron chi connectivity index (χ2n) is 5.87. The van der Waals surface area contributed by atoms with Gasteiger partial charge in [0, 0.05) is 30.5 Å². The molecule has 118 valence electrons. The van der Waals surface area contributed by atoms with Crippen LogP contribution in [0.5, 0.6) is 0 Å². The van der Waals surface area contributed by atoms with Crippen molar-refractivity contribution in [2.45, 2.75) is 25.1 Å². The number of hydrogen-bond acceptors (Lipinski definition) is 4. The Kier molecular flexibility index (Phi) is 4.31. The molecule has 0 radical (unpaired) electrons. The van der Waals surface area contributed by atoms with Crippen LogP contribution in [0.15, 0.2) is 36.5 Å². The van der Waals surface area contributed by atoms with Gasteiger partial charge in [0.1, 0.15) is 5.82 Å². The fourth-order valence-corrected chi connectivity index (χ4v) is 4.07. The van der Waals surface area contributed by atoms with E-state index in [4.69, 9.17) is 0 Å². The van der Waals surface area contributed by atoms with Gasteiger partial charge < -0.3 is 4.98 Å². The highest BCUT2D eigenvalue weighted by Crippen LogP contribution is 2.18. The van der Waals surface area contributed by atoms with Crippen LogP contribution < -0.4 is 0 Å². The first-order chi connectivity index (χ1) is 10.5. The van der Waals surface area contributed by atoms with Gasteiger partial charge in [0.2, 0.25) is 0 Å². The van der Waals surface area contributed by atoms with Gasteiger partial charge >= 0.3 is 0 Å². The number of imidazole rings is 1. The standard InChI is InChI=1S/C16H21N3O2S/c1-13-7-8-19(9-10-22(13,20)21)12-15-11-17-16(18-15)14-5-3-2-4-6-14/h2-6,11,13H,7-10,12H2,1H3,(H,17,18)/t13-/m0/s1. The molecule has 0 amide bonds. The van der Waals surface area contributed by atoms with Crippen molar-refractivity contribution in [1.82, 2.24) is 14.9 Å². The van der Waals surface area contributed by atoms with Gasteiger partial charge in [-0.2, -0.15) is 0 Å². The Labute approximate surface area is 131 Å². The van der Waals surface area contributed by atoms with E-state index in [1.54, 1.807) is 0 Å². The summed E-state index contributed by atoms with van der Waals surface area (Å²) in [6.45, 7) is 3.91. The van der Waals surface area contributed by atoms with Crippen LogP contribution in [-0.2, 0) is 16.4 Å². The van der Waals surface area contributed by atoms with Crippen LogP contribution in [-0.4, -0.2) is 47.4 Å². The molecule has 1 saturated heterocycles. The third-order valence-corrected chi connectivity index (χ3v) is 6.44. The van der Waals surface area contributed by atoms with Gasteiger partial charge in [-0.05, 0) is 19.9 Å². The molecule has 1 aromatic carbocycles. The third kappa shape index (κ3) is 3.39. The first-order valence-corrected chi connectivity index (χ1v) is 9.29. The van der Waals surface area contributed by atoms with Crippen molar-refractivity contribution < 1.29 is 8.42 Å². The lowest BCUT2D eigenvalue weighted by Crippen LogP contribution is -2.26. The van der Waals surface area contributed by atoms with Crippen LogP contribution in [0.4, 0.5) is 0 Å². The number of nitrogens with zero attached hydrogens (tertiary/aromatic N) is 2. The molecule has 1 aliphatic rings. The SMILES string of the molecule is C[C@H]1CCN(Cc2cnc(-c3ccccc3)[nH]2)CCS1(=O)=O. The molecule has 0 aliphatic carbocycles. The molecule has 0 bridgehead atoms. The maximum atomic E-state index is 11.9. The fourth-order valence-electron chi connectivity index (χ4n) is 2.69. The van der Waals surface area contributed by atoms with Gasteiger partial charge in [0.25, 0.3) is 0 Å². The van der Waals surface area contributed by atoms with Crippen molar-refractivity contribution in [2.75, 3.05) is 18.8 Å². The van der Waals surface area contributed by atoms with Crippen LogP contribution in [0.1, 0.15) is 19.0 Å². The normalized spacial score (nSPS) is 22.3. The molecule has 1 atom stereocenters. The first-order valence-electron chi connectivity index (χ1n) is 7.58. The Balaban J connectivity index is 1.68. The molecule has 3 rings (SSSR count). The Morgan fingerprint density at radius 3 is 2.82 bits per heavy atom. The summed E-state index contributed by atoms with van der Waals surface area (Å²) in [4.78, 5) is 9.93. The summed E-state index contributed by atoms with van der Waals surface area (Å²) in [6, 6.07) is 9.98. The monoisotopic (exact) mass is 319 g/mol. The van der Waals surface area contributed by atoms with E-state index >= 15 is 0 Å². The minimum atomic E-state index is -2.93. The first kappa shape index (κ1) is 15.2. The minimum absolute atomic E-state index is 0.237. The zero-order valence-corrected chi connectivity index (χ0v) is 13.5. The molecular formula is C16H21N3O2S. The second-order valence-corrected chi connectivity index (χ2v) is 8.40. The summed E-state index contributed by atoms with van der Waals surface area (Å²) in [5, 5.41) is -0.237. The summed E-state index contributed by atoms with van der Waals surface area (Å²) in [7, 11) is -2.93. The highest BCUT2D eigenvalue weighted by Gasteiger charge is 2.26. The lowest BCUT2D eigenvalue weighted by atomic mass is 10.2. The summed E-state index contributed by atoms with van der Waals surface area (Å²) >= 11 is 0.